The number of hydrogen-bond acceptors (Lipinski definition) is 3. The highest BCUT2D eigenvalue weighted by atomic mass is 31.1. The molecule has 2 aliphatic heterocycles. The Morgan fingerprint density at radius 3 is 2.00 bits per heavy atom. The standard InChI is InChI=1S/C6H13N2OP/c9-10-5-6(7-1-2-7)8-3-4-8/h6H,1-5,10H2. The van der Waals surface area contributed by atoms with Gasteiger partial charge < -0.3 is 4.57 Å². The Balaban J connectivity index is 1.85. The molecule has 1 atom stereocenters. The van der Waals surface area contributed by atoms with E-state index in [2.05, 4.69) is 9.80 Å². The third kappa shape index (κ3) is 1.42. The van der Waals surface area contributed by atoms with Gasteiger partial charge in [-0.1, -0.05) is 0 Å². The highest BCUT2D eigenvalue weighted by Gasteiger charge is 2.36. The minimum atomic E-state index is -0.551. The fourth-order valence-electron chi connectivity index (χ4n) is 1.33. The van der Waals surface area contributed by atoms with Gasteiger partial charge >= 0.3 is 0 Å². The van der Waals surface area contributed by atoms with Crippen LogP contribution >= 0.6 is 8.46 Å². The van der Waals surface area contributed by atoms with Crippen molar-refractivity contribution in [3.8, 4) is 0 Å². The van der Waals surface area contributed by atoms with Crippen LogP contribution < -0.4 is 0 Å². The van der Waals surface area contributed by atoms with Crippen molar-refractivity contribution >= 4 is 8.46 Å². The van der Waals surface area contributed by atoms with E-state index >= 15 is 0 Å². The van der Waals surface area contributed by atoms with Crippen molar-refractivity contribution in [1.82, 2.24) is 9.80 Å². The second-order valence-corrected chi connectivity index (χ2v) is 3.76. The van der Waals surface area contributed by atoms with Crippen molar-refractivity contribution in [2.45, 2.75) is 6.17 Å². The lowest BCUT2D eigenvalue weighted by Gasteiger charge is -2.15. The Bertz CT molecular complexity index is 133. The van der Waals surface area contributed by atoms with E-state index in [0.717, 1.165) is 6.16 Å². The minimum Gasteiger partial charge on any atom is -0.330 e. The van der Waals surface area contributed by atoms with Gasteiger partial charge in [0.05, 0.1) is 14.6 Å². The van der Waals surface area contributed by atoms with Crippen LogP contribution in [0.5, 0.6) is 0 Å². The van der Waals surface area contributed by atoms with Crippen LogP contribution in [-0.2, 0) is 4.57 Å². The van der Waals surface area contributed by atoms with Gasteiger partial charge in [0.1, 0.15) is 0 Å². The Labute approximate surface area is 62.2 Å². The fourth-order valence-corrected chi connectivity index (χ4v) is 2.10. The lowest BCUT2D eigenvalue weighted by molar-refractivity contribution is 0.275. The highest BCUT2D eigenvalue weighted by Crippen LogP contribution is 2.22. The molecule has 3 nitrogen and oxygen atoms in total. The molecule has 0 aromatic carbocycles. The van der Waals surface area contributed by atoms with E-state index in [0.29, 0.717) is 6.17 Å². The summed E-state index contributed by atoms with van der Waals surface area (Å²) < 4.78 is 10.4. The van der Waals surface area contributed by atoms with Crippen molar-refractivity contribution in [1.29, 1.82) is 0 Å². The molecule has 0 amide bonds. The molecule has 2 saturated heterocycles. The first kappa shape index (κ1) is 6.84. The van der Waals surface area contributed by atoms with Gasteiger partial charge in [-0.3, -0.25) is 9.80 Å². The van der Waals surface area contributed by atoms with Crippen LogP contribution in [0, 0.1) is 0 Å². The molecule has 0 bridgehead atoms. The molecule has 2 fully saturated rings. The summed E-state index contributed by atoms with van der Waals surface area (Å²) in [6.07, 6.45) is 1.45. The monoisotopic (exact) mass is 160 g/mol. The lowest BCUT2D eigenvalue weighted by atomic mass is 10.5. The molecule has 2 aliphatic rings. The molecule has 4 heteroatoms. The van der Waals surface area contributed by atoms with E-state index in [9.17, 15) is 4.57 Å². The van der Waals surface area contributed by atoms with Crippen molar-refractivity contribution in [3.63, 3.8) is 0 Å². The zero-order chi connectivity index (χ0) is 6.97. The van der Waals surface area contributed by atoms with Crippen LogP contribution in [0.25, 0.3) is 0 Å². The van der Waals surface area contributed by atoms with Gasteiger partial charge in [0.15, 0.2) is 0 Å². The van der Waals surface area contributed by atoms with Gasteiger partial charge in [0.25, 0.3) is 0 Å². The largest absolute Gasteiger partial charge is 0.330 e. The summed E-state index contributed by atoms with van der Waals surface area (Å²) in [7, 11) is -0.551. The summed E-state index contributed by atoms with van der Waals surface area (Å²) >= 11 is 0. The van der Waals surface area contributed by atoms with Crippen LogP contribution in [-0.4, -0.2) is 48.3 Å². The predicted octanol–water partition coefficient (Wildman–Crippen LogP) is -0.300. The second kappa shape index (κ2) is 2.65. The summed E-state index contributed by atoms with van der Waals surface area (Å²) in [6.45, 7) is 4.89. The maximum atomic E-state index is 10.4. The van der Waals surface area contributed by atoms with Crippen molar-refractivity contribution in [3.05, 3.63) is 0 Å². The molecule has 0 aromatic heterocycles. The first-order chi connectivity index (χ1) is 4.92. The molecule has 10 heavy (non-hydrogen) atoms. The molecule has 1 unspecified atom stereocenters. The maximum Gasteiger partial charge on any atom is 0.0689 e. The van der Waals surface area contributed by atoms with Gasteiger partial charge in [-0.25, -0.2) is 0 Å². The van der Waals surface area contributed by atoms with Crippen LogP contribution in [0.1, 0.15) is 0 Å². The Hall–Kier alpha value is 0.150. The molecule has 0 aliphatic carbocycles. The first-order valence-electron chi connectivity index (χ1n) is 3.83. The van der Waals surface area contributed by atoms with Gasteiger partial charge in [0.2, 0.25) is 0 Å². The quantitative estimate of drug-likeness (QED) is 0.416. The third-order valence-corrected chi connectivity index (χ3v) is 2.73. The Morgan fingerprint density at radius 2 is 1.70 bits per heavy atom. The molecule has 0 radical (unpaired) electrons. The number of nitrogens with zero attached hydrogens (tertiary/aromatic N) is 2. The van der Waals surface area contributed by atoms with Crippen LogP contribution in [0.15, 0.2) is 0 Å². The van der Waals surface area contributed by atoms with Crippen molar-refractivity contribution < 1.29 is 4.57 Å². The van der Waals surface area contributed by atoms with E-state index < -0.39 is 8.46 Å². The second-order valence-electron chi connectivity index (χ2n) is 2.95. The van der Waals surface area contributed by atoms with Crippen molar-refractivity contribution in [2.75, 3.05) is 32.3 Å². The summed E-state index contributed by atoms with van der Waals surface area (Å²) in [4.78, 5) is 4.77. The first-order valence-corrected chi connectivity index (χ1v) is 5.12. The van der Waals surface area contributed by atoms with Gasteiger partial charge in [-0.05, 0) is 0 Å². The molecule has 58 valence electrons. The smallest absolute Gasteiger partial charge is 0.0689 e. The number of rotatable bonds is 4. The fraction of sp³-hybridized carbons (Fsp3) is 1.00. The molecule has 2 rings (SSSR count). The van der Waals surface area contributed by atoms with E-state index in [-0.39, 0.29) is 0 Å². The Kier molecular flexibility index (Phi) is 1.81. The molecule has 0 aromatic rings. The lowest BCUT2D eigenvalue weighted by Crippen LogP contribution is -2.29. The van der Waals surface area contributed by atoms with Crippen LogP contribution in [0.3, 0.4) is 0 Å². The summed E-state index contributed by atoms with van der Waals surface area (Å²) in [5.74, 6) is 0. The van der Waals surface area contributed by atoms with Gasteiger partial charge in [0, 0.05) is 32.3 Å². The SMILES string of the molecule is O=[PH2]CC(N1CC1)N1CC1. The molecule has 0 N–H and O–H groups in total. The average Bonchev–Trinajstić information content (AvgIpc) is 2.77. The summed E-state index contributed by atoms with van der Waals surface area (Å²) in [5, 5.41) is 0. The topological polar surface area (TPSA) is 23.1 Å². The van der Waals surface area contributed by atoms with E-state index in [1.807, 2.05) is 0 Å². The predicted molar refractivity (Wildman–Crippen MR) is 42.2 cm³/mol. The van der Waals surface area contributed by atoms with Crippen LogP contribution in [0.4, 0.5) is 0 Å². The van der Waals surface area contributed by atoms with Crippen LogP contribution in [0.2, 0.25) is 0 Å². The average molecular weight is 160 g/mol. The zero-order valence-corrected chi connectivity index (χ0v) is 7.15. The third-order valence-electron chi connectivity index (χ3n) is 2.11. The summed E-state index contributed by atoms with van der Waals surface area (Å²) in [6, 6.07) is 0. The molecule has 2 heterocycles. The number of hydrogen-bond donors (Lipinski definition) is 0. The summed E-state index contributed by atoms with van der Waals surface area (Å²) in [5.41, 5.74) is 0. The highest BCUT2D eigenvalue weighted by molar-refractivity contribution is 7.23. The molecule has 0 saturated carbocycles. The maximum absolute atomic E-state index is 10.4. The Morgan fingerprint density at radius 1 is 1.20 bits per heavy atom. The normalized spacial score (nSPS) is 26.9. The minimum absolute atomic E-state index is 0.549. The van der Waals surface area contributed by atoms with Gasteiger partial charge in [-0.2, -0.15) is 0 Å². The zero-order valence-electron chi connectivity index (χ0n) is 5.99. The molecular weight excluding hydrogens is 147 g/mol. The molecule has 0 spiro atoms. The van der Waals surface area contributed by atoms with E-state index in [1.54, 1.807) is 0 Å². The van der Waals surface area contributed by atoms with Crippen molar-refractivity contribution in [2.24, 2.45) is 0 Å². The van der Waals surface area contributed by atoms with E-state index in [1.165, 1.54) is 26.2 Å². The molecular formula is C6H13N2OP. The van der Waals surface area contributed by atoms with E-state index in [4.69, 9.17) is 0 Å². The van der Waals surface area contributed by atoms with Gasteiger partial charge in [-0.15, -0.1) is 0 Å².